The number of alkyl halides is 3. The Bertz CT molecular complexity index is 1020. The second-order valence-corrected chi connectivity index (χ2v) is 7.92. The van der Waals surface area contributed by atoms with Crippen molar-refractivity contribution in [3.63, 3.8) is 0 Å². The Kier molecular flexibility index (Phi) is 6.80. The molecule has 0 amide bonds. The van der Waals surface area contributed by atoms with E-state index in [1.807, 2.05) is 18.5 Å². The van der Waals surface area contributed by atoms with Gasteiger partial charge in [0.25, 0.3) is 0 Å². The standard InChI is InChI=1S/C17H19BrN6.C2HF3O2/c1-11-7-14-15(8-13(11)18)22-16(21-14)12-9-19-17(20-10-12)24-5-3-23(2)4-6-24;3-2(4,5)1(6)7/h7-10H,3-6H2,1-2H3,(H,21,22);(H,6,7). The zero-order chi connectivity index (χ0) is 22.8. The number of H-pyrrole nitrogens is 1. The molecule has 12 heteroatoms. The van der Waals surface area contributed by atoms with Crippen LogP contribution in [0.15, 0.2) is 29.0 Å². The largest absolute Gasteiger partial charge is 0.490 e. The van der Waals surface area contributed by atoms with Gasteiger partial charge in [0.2, 0.25) is 5.95 Å². The average molecular weight is 501 g/mol. The fraction of sp³-hybridized carbons (Fsp3) is 0.368. The van der Waals surface area contributed by atoms with Gasteiger partial charge in [0, 0.05) is 43.0 Å². The molecule has 1 saturated heterocycles. The molecule has 1 aromatic carbocycles. The fourth-order valence-electron chi connectivity index (χ4n) is 2.89. The normalized spacial score (nSPS) is 15.0. The molecule has 1 aliphatic heterocycles. The third-order valence-electron chi connectivity index (χ3n) is 4.70. The van der Waals surface area contributed by atoms with Gasteiger partial charge in [-0.15, -0.1) is 0 Å². The van der Waals surface area contributed by atoms with Crippen molar-refractivity contribution in [3.8, 4) is 11.4 Å². The molecule has 0 unspecified atom stereocenters. The Morgan fingerprint density at radius 1 is 1.16 bits per heavy atom. The highest BCUT2D eigenvalue weighted by molar-refractivity contribution is 9.10. The molecule has 2 aromatic heterocycles. The Hall–Kier alpha value is -2.73. The van der Waals surface area contributed by atoms with E-state index < -0.39 is 12.1 Å². The predicted molar refractivity (Wildman–Crippen MR) is 113 cm³/mol. The van der Waals surface area contributed by atoms with Crippen LogP contribution in [-0.4, -0.2) is 75.3 Å². The van der Waals surface area contributed by atoms with Crippen LogP contribution in [0.2, 0.25) is 0 Å². The second kappa shape index (κ2) is 9.18. The van der Waals surface area contributed by atoms with Crippen molar-refractivity contribution in [1.82, 2.24) is 24.8 Å². The number of benzene rings is 1. The summed E-state index contributed by atoms with van der Waals surface area (Å²) in [7, 11) is 2.14. The highest BCUT2D eigenvalue weighted by Crippen LogP contribution is 2.25. The molecule has 0 aliphatic carbocycles. The van der Waals surface area contributed by atoms with E-state index in [4.69, 9.17) is 9.90 Å². The third-order valence-corrected chi connectivity index (χ3v) is 5.56. The van der Waals surface area contributed by atoms with E-state index in [0.29, 0.717) is 0 Å². The number of aromatic amines is 1. The number of imidazole rings is 1. The summed E-state index contributed by atoms with van der Waals surface area (Å²) in [6.07, 6.45) is -1.39. The van der Waals surface area contributed by atoms with Crippen LogP contribution in [0.1, 0.15) is 5.56 Å². The van der Waals surface area contributed by atoms with E-state index in [1.54, 1.807) is 0 Å². The fourth-order valence-corrected chi connectivity index (χ4v) is 3.22. The second-order valence-electron chi connectivity index (χ2n) is 7.07. The van der Waals surface area contributed by atoms with Crippen molar-refractivity contribution in [2.75, 3.05) is 38.1 Å². The third kappa shape index (κ3) is 5.70. The van der Waals surface area contributed by atoms with E-state index in [1.165, 1.54) is 5.56 Å². The maximum Gasteiger partial charge on any atom is 0.490 e. The maximum atomic E-state index is 10.6. The topological polar surface area (TPSA) is 98.2 Å². The van der Waals surface area contributed by atoms with Gasteiger partial charge in [-0.05, 0) is 31.7 Å². The van der Waals surface area contributed by atoms with Crippen molar-refractivity contribution < 1.29 is 23.1 Å². The van der Waals surface area contributed by atoms with E-state index >= 15 is 0 Å². The molecular weight excluding hydrogens is 481 g/mol. The Morgan fingerprint density at radius 3 is 2.29 bits per heavy atom. The summed E-state index contributed by atoms with van der Waals surface area (Å²) in [4.78, 5) is 30.5. The van der Waals surface area contributed by atoms with Crippen LogP contribution in [0.25, 0.3) is 22.4 Å². The number of fused-ring (bicyclic) bond motifs is 1. The van der Waals surface area contributed by atoms with Gasteiger partial charge in [0.1, 0.15) is 5.82 Å². The number of carboxylic acid groups (broad SMARTS) is 1. The van der Waals surface area contributed by atoms with Gasteiger partial charge in [0.15, 0.2) is 0 Å². The minimum absolute atomic E-state index is 0.793. The first-order chi connectivity index (χ1) is 14.5. The molecule has 8 nitrogen and oxygen atoms in total. The Morgan fingerprint density at radius 2 is 1.74 bits per heavy atom. The van der Waals surface area contributed by atoms with Crippen molar-refractivity contribution in [1.29, 1.82) is 0 Å². The monoisotopic (exact) mass is 500 g/mol. The molecule has 1 aliphatic rings. The molecule has 3 aromatic rings. The van der Waals surface area contributed by atoms with Gasteiger partial charge in [-0.25, -0.2) is 19.7 Å². The SMILES string of the molecule is Cc1cc2[nH]c(-c3cnc(N4CCN(C)CC4)nc3)nc2cc1Br.O=C(O)C(F)(F)F. The molecule has 0 bridgehead atoms. The van der Waals surface area contributed by atoms with Crippen LogP contribution in [-0.2, 0) is 4.79 Å². The highest BCUT2D eigenvalue weighted by Gasteiger charge is 2.38. The zero-order valence-electron chi connectivity index (χ0n) is 16.7. The van der Waals surface area contributed by atoms with Crippen molar-refractivity contribution in [3.05, 3.63) is 34.6 Å². The molecule has 0 radical (unpaired) electrons. The molecular formula is C19H20BrF3N6O2. The van der Waals surface area contributed by atoms with Crippen LogP contribution in [0.5, 0.6) is 0 Å². The van der Waals surface area contributed by atoms with Gasteiger partial charge in [-0.1, -0.05) is 15.9 Å². The first kappa shape index (κ1) is 22.9. The van der Waals surface area contributed by atoms with Gasteiger partial charge >= 0.3 is 12.1 Å². The summed E-state index contributed by atoms with van der Waals surface area (Å²) in [5, 5.41) is 7.12. The number of aromatic nitrogens is 4. The molecule has 2 N–H and O–H groups in total. The zero-order valence-corrected chi connectivity index (χ0v) is 18.3. The molecule has 3 heterocycles. The number of piperazine rings is 1. The predicted octanol–water partition coefficient (Wildman–Crippen LogP) is 3.48. The quantitative estimate of drug-likeness (QED) is 0.555. The number of nitrogens with zero attached hydrogens (tertiary/aromatic N) is 5. The molecule has 1 fully saturated rings. The average Bonchev–Trinajstić information content (AvgIpc) is 3.11. The van der Waals surface area contributed by atoms with Crippen LogP contribution >= 0.6 is 15.9 Å². The highest BCUT2D eigenvalue weighted by atomic mass is 79.9. The lowest BCUT2D eigenvalue weighted by molar-refractivity contribution is -0.192. The molecule has 31 heavy (non-hydrogen) atoms. The van der Waals surface area contributed by atoms with E-state index in [2.05, 4.69) is 65.7 Å². The molecule has 166 valence electrons. The minimum atomic E-state index is -5.08. The number of anilines is 1. The van der Waals surface area contributed by atoms with Crippen LogP contribution in [0.3, 0.4) is 0 Å². The summed E-state index contributed by atoms with van der Waals surface area (Å²) in [5.41, 5.74) is 4.04. The Balaban J connectivity index is 0.000000339. The number of aryl methyl sites for hydroxylation is 1. The van der Waals surface area contributed by atoms with Gasteiger partial charge in [-0.2, -0.15) is 13.2 Å². The lowest BCUT2D eigenvalue weighted by Crippen LogP contribution is -2.45. The molecule has 4 rings (SSSR count). The van der Waals surface area contributed by atoms with Crippen LogP contribution < -0.4 is 4.90 Å². The van der Waals surface area contributed by atoms with Crippen molar-refractivity contribution in [2.45, 2.75) is 13.1 Å². The lowest BCUT2D eigenvalue weighted by atomic mass is 10.2. The summed E-state index contributed by atoms with van der Waals surface area (Å²) in [6.45, 7) is 6.09. The van der Waals surface area contributed by atoms with E-state index in [0.717, 1.165) is 59.0 Å². The number of hydrogen-bond donors (Lipinski definition) is 2. The number of rotatable bonds is 2. The number of halogens is 4. The van der Waals surface area contributed by atoms with Crippen LogP contribution in [0.4, 0.5) is 19.1 Å². The summed E-state index contributed by atoms with van der Waals surface area (Å²) in [6, 6.07) is 4.12. The molecule has 0 saturated carbocycles. The number of carbonyl (C=O) groups is 1. The van der Waals surface area contributed by atoms with Crippen LogP contribution in [0, 0.1) is 6.92 Å². The first-order valence-electron chi connectivity index (χ1n) is 9.26. The first-order valence-corrected chi connectivity index (χ1v) is 10.1. The van der Waals surface area contributed by atoms with Gasteiger partial charge < -0.3 is 19.9 Å². The number of nitrogens with one attached hydrogen (secondary N) is 1. The number of hydrogen-bond acceptors (Lipinski definition) is 6. The number of carboxylic acids is 1. The Labute approximate surface area is 184 Å². The van der Waals surface area contributed by atoms with Crippen molar-refractivity contribution in [2.24, 2.45) is 0 Å². The van der Waals surface area contributed by atoms with Gasteiger partial charge in [0.05, 0.1) is 16.6 Å². The number of aliphatic carboxylic acids is 1. The smallest absolute Gasteiger partial charge is 0.475 e. The number of likely N-dealkylation sites (N-methyl/N-ethyl adjacent to an activating group) is 1. The van der Waals surface area contributed by atoms with Crippen molar-refractivity contribution >= 4 is 38.9 Å². The van der Waals surface area contributed by atoms with E-state index in [9.17, 15) is 13.2 Å². The summed E-state index contributed by atoms with van der Waals surface area (Å²) >= 11 is 3.55. The lowest BCUT2D eigenvalue weighted by Gasteiger charge is -2.32. The summed E-state index contributed by atoms with van der Waals surface area (Å²) in [5.74, 6) is -1.17. The van der Waals surface area contributed by atoms with E-state index in [-0.39, 0.29) is 0 Å². The maximum absolute atomic E-state index is 10.6. The molecule has 0 atom stereocenters. The molecule has 0 spiro atoms. The summed E-state index contributed by atoms with van der Waals surface area (Å²) < 4.78 is 32.8. The van der Waals surface area contributed by atoms with Gasteiger partial charge in [-0.3, -0.25) is 0 Å². The minimum Gasteiger partial charge on any atom is -0.475 e.